The van der Waals surface area contributed by atoms with E-state index in [0.29, 0.717) is 15.8 Å². The molecule has 1 aliphatic rings. The lowest BCUT2D eigenvalue weighted by molar-refractivity contribution is -0.134. The maximum Gasteiger partial charge on any atom is 0.266 e. The summed E-state index contributed by atoms with van der Waals surface area (Å²) in [5.41, 5.74) is 3.05. The minimum Gasteiger partial charge on any atom is -0.340 e. The molecule has 1 fully saturated rings. The van der Waals surface area contributed by atoms with Gasteiger partial charge in [0.2, 0.25) is 5.91 Å². The topological polar surface area (TPSA) is 40.6 Å². The van der Waals surface area contributed by atoms with Crippen molar-refractivity contribution in [1.82, 2.24) is 9.80 Å². The third-order valence-electron chi connectivity index (χ3n) is 4.41. The first-order valence-electron chi connectivity index (χ1n) is 9.20. The summed E-state index contributed by atoms with van der Waals surface area (Å²) in [6, 6.07) is 19.6. The van der Waals surface area contributed by atoms with E-state index in [1.54, 1.807) is 11.9 Å². The van der Waals surface area contributed by atoms with Gasteiger partial charge in [0.25, 0.3) is 5.91 Å². The number of thioether (sulfide) groups is 1. The zero-order chi connectivity index (χ0) is 20.8. The molecule has 2 aromatic carbocycles. The maximum atomic E-state index is 12.8. The van der Waals surface area contributed by atoms with Crippen LogP contribution >= 0.6 is 24.0 Å². The summed E-state index contributed by atoms with van der Waals surface area (Å²) >= 11 is 6.58. The van der Waals surface area contributed by atoms with Crippen LogP contribution in [0.2, 0.25) is 0 Å². The second-order valence-electron chi connectivity index (χ2n) is 6.80. The molecule has 0 unspecified atom stereocenters. The Morgan fingerprint density at radius 3 is 2.38 bits per heavy atom. The van der Waals surface area contributed by atoms with E-state index in [2.05, 4.69) is 0 Å². The number of amides is 2. The van der Waals surface area contributed by atoms with Gasteiger partial charge < -0.3 is 4.90 Å². The van der Waals surface area contributed by atoms with Crippen molar-refractivity contribution >= 4 is 46.2 Å². The lowest BCUT2D eigenvalue weighted by Gasteiger charge is -2.21. The van der Waals surface area contributed by atoms with Gasteiger partial charge in [0.1, 0.15) is 10.9 Å². The van der Waals surface area contributed by atoms with Crippen LogP contribution in [0, 0.1) is 0 Å². The molecule has 1 aliphatic heterocycles. The molecule has 0 saturated carbocycles. The molecule has 3 rings (SSSR count). The normalized spacial score (nSPS) is 15.9. The fraction of sp³-hybridized carbons (Fsp3) is 0.174. The fourth-order valence-electron chi connectivity index (χ4n) is 2.90. The standard InChI is InChI=1S/C23H22N2O2S2/c1-17(13-18-9-5-3-6-10-18)14-20-22(27)25(23(28)29-20)16-21(26)24(2)15-19-11-7-4-8-12-19/h3-14H,15-16H2,1-2H3. The van der Waals surface area contributed by atoms with Gasteiger partial charge in [-0.1, -0.05) is 90.7 Å². The van der Waals surface area contributed by atoms with Crippen LogP contribution in [0.15, 0.2) is 77.2 Å². The molecule has 0 radical (unpaired) electrons. The van der Waals surface area contributed by atoms with E-state index in [1.807, 2.05) is 79.7 Å². The van der Waals surface area contributed by atoms with Gasteiger partial charge in [-0.3, -0.25) is 14.5 Å². The van der Waals surface area contributed by atoms with Crippen LogP contribution in [0.4, 0.5) is 0 Å². The van der Waals surface area contributed by atoms with Gasteiger partial charge in [-0.2, -0.15) is 0 Å². The zero-order valence-corrected chi connectivity index (χ0v) is 18.0. The highest BCUT2D eigenvalue weighted by Gasteiger charge is 2.33. The average molecular weight is 423 g/mol. The lowest BCUT2D eigenvalue weighted by atomic mass is 10.1. The second-order valence-corrected chi connectivity index (χ2v) is 8.48. The summed E-state index contributed by atoms with van der Waals surface area (Å²) in [4.78, 5) is 28.9. The van der Waals surface area contributed by atoms with Gasteiger partial charge in [0.15, 0.2) is 0 Å². The molecule has 2 amide bonds. The highest BCUT2D eigenvalue weighted by atomic mass is 32.2. The largest absolute Gasteiger partial charge is 0.340 e. The van der Waals surface area contributed by atoms with Crippen molar-refractivity contribution in [2.75, 3.05) is 13.6 Å². The van der Waals surface area contributed by atoms with E-state index in [0.717, 1.165) is 16.7 Å². The molecule has 4 nitrogen and oxygen atoms in total. The highest BCUT2D eigenvalue weighted by molar-refractivity contribution is 8.26. The van der Waals surface area contributed by atoms with Crippen molar-refractivity contribution in [2.24, 2.45) is 0 Å². The number of thiocarbonyl (C=S) groups is 1. The summed E-state index contributed by atoms with van der Waals surface area (Å²) in [6.45, 7) is 2.38. The monoisotopic (exact) mass is 422 g/mol. The molecule has 0 N–H and O–H groups in total. The Balaban J connectivity index is 1.65. The number of hydrogen-bond acceptors (Lipinski definition) is 4. The number of hydrogen-bond donors (Lipinski definition) is 0. The molecule has 0 atom stereocenters. The number of carbonyl (C=O) groups is 2. The van der Waals surface area contributed by atoms with Crippen LogP contribution < -0.4 is 0 Å². The van der Waals surface area contributed by atoms with Crippen molar-refractivity contribution in [3.63, 3.8) is 0 Å². The number of rotatable bonds is 6. The first-order chi connectivity index (χ1) is 13.9. The van der Waals surface area contributed by atoms with Crippen LogP contribution in [-0.2, 0) is 16.1 Å². The SMILES string of the molecule is CC(=Cc1ccccc1)C=C1SC(=S)N(CC(=O)N(C)Cc2ccccc2)C1=O. The molecular weight excluding hydrogens is 400 g/mol. The Kier molecular flexibility index (Phi) is 7.01. The van der Waals surface area contributed by atoms with Crippen LogP contribution in [0.3, 0.4) is 0 Å². The fourth-order valence-corrected chi connectivity index (χ4v) is 4.20. The first-order valence-corrected chi connectivity index (χ1v) is 10.4. The molecule has 0 aliphatic carbocycles. The first kappa shape index (κ1) is 21.0. The van der Waals surface area contributed by atoms with Gasteiger partial charge in [0.05, 0.1) is 4.91 Å². The molecule has 148 valence electrons. The predicted octanol–water partition coefficient (Wildman–Crippen LogP) is 4.49. The van der Waals surface area contributed by atoms with Crippen molar-refractivity contribution < 1.29 is 9.59 Å². The minimum absolute atomic E-state index is 0.0488. The van der Waals surface area contributed by atoms with Crippen molar-refractivity contribution in [2.45, 2.75) is 13.5 Å². The Morgan fingerprint density at radius 2 is 1.72 bits per heavy atom. The molecule has 1 saturated heterocycles. The van der Waals surface area contributed by atoms with Crippen LogP contribution in [-0.4, -0.2) is 39.5 Å². The summed E-state index contributed by atoms with van der Waals surface area (Å²) in [5.74, 6) is -0.370. The van der Waals surface area contributed by atoms with Gasteiger partial charge in [-0.05, 0) is 29.7 Å². The van der Waals surface area contributed by atoms with Crippen molar-refractivity contribution in [3.05, 3.63) is 88.3 Å². The number of benzene rings is 2. The molecule has 0 aromatic heterocycles. The molecule has 0 spiro atoms. The van der Waals surface area contributed by atoms with Crippen LogP contribution in [0.5, 0.6) is 0 Å². The van der Waals surface area contributed by atoms with Crippen LogP contribution in [0.25, 0.3) is 6.08 Å². The number of allylic oxidation sites excluding steroid dienone is 2. The smallest absolute Gasteiger partial charge is 0.266 e. The Morgan fingerprint density at radius 1 is 1.10 bits per heavy atom. The maximum absolute atomic E-state index is 12.8. The minimum atomic E-state index is -0.220. The summed E-state index contributed by atoms with van der Waals surface area (Å²) in [5, 5.41) is 0. The highest BCUT2D eigenvalue weighted by Crippen LogP contribution is 2.32. The Hall–Kier alpha value is -2.70. The molecular formula is C23H22N2O2S2. The second kappa shape index (κ2) is 9.67. The van der Waals surface area contributed by atoms with Crippen molar-refractivity contribution in [3.8, 4) is 0 Å². The molecule has 1 heterocycles. The van der Waals surface area contributed by atoms with Crippen molar-refractivity contribution in [1.29, 1.82) is 0 Å². The summed E-state index contributed by atoms with van der Waals surface area (Å²) in [6.07, 6.45) is 3.83. The van der Waals surface area contributed by atoms with E-state index in [9.17, 15) is 9.59 Å². The Labute approximate surface area is 180 Å². The molecule has 6 heteroatoms. The summed E-state index contributed by atoms with van der Waals surface area (Å²) in [7, 11) is 1.73. The van der Waals surface area contributed by atoms with Gasteiger partial charge in [-0.25, -0.2) is 0 Å². The van der Waals surface area contributed by atoms with E-state index in [1.165, 1.54) is 16.7 Å². The average Bonchev–Trinajstić information content (AvgIpc) is 2.96. The molecule has 2 aromatic rings. The molecule has 29 heavy (non-hydrogen) atoms. The number of carbonyl (C=O) groups excluding carboxylic acids is 2. The van der Waals surface area contributed by atoms with Gasteiger partial charge in [0, 0.05) is 13.6 Å². The van der Waals surface area contributed by atoms with Crippen LogP contribution in [0.1, 0.15) is 18.1 Å². The van der Waals surface area contributed by atoms with E-state index < -0.39 is 0 Å². The van der Waals surface area contributed by atoms with Gasteiger partial charge in [-0.15, -0.1) is 0 Å². The predicted molar refractivity (Wildman–Crippen MR) is 123 cm³/mol. The van der Waals surface area contributed by atoms with E-state index in [-0.39, 0.29) is 18.4 Å². The summed E-state index contributed by atoms with van der Waals surface area (Å²) < 4.78 is 0.412. The Bertz CT molecular complexity index is 969. The van der Waals surface area contributed by atoms with E-state index in [4.69, 9.17) is 12.2 Å². The quantitative estimate of drug-likeness (QED) is 0.508. The lowest BCUT2D eigenvalue weighted by Crippen LogP contribution is -2.40. The zero-order valence-electron chi connectivity index (χ0n) is 16.4. The van der Waals surface area contributed by atoms with Gasteiger partial charge >= 0.3 is 0 Å². The van der Waals surface area contributed by atoms with E-state index >= 15 is 0 Å². The number of likely N-dealkylation sites (N-methyl/N-ethyl adjacent to an activating group) is 1. The third-order valence-corrected chi connectivity index (χ3v) is 5.79. The number of nitrogens with zero attached hydrogens (tertiary/aromatic N) is 2. The molecule has 0 bridgehead atoms. The third kappa shape index (κ3) is 5.65.